The largest absolute Gasteiger partial charge is 0.385 e. The van der Waals surface area contributed by atoms with E-state index in [-0.39, 0.29) is 21.2 Å². The molecular weight excluding hydrogens is 524 g/mol. The quantitative estimate of drug-likeness (QED) is 0.165. The van der Waals surface area contributed by atoms with Crippen LogP contribution in [0.25, 0.3) is 0 Å². The molecule has 2 heterocycles. The fourth-order valence-corrected chi connectivity index (χ4v) is 5.02. The van der Waals surface area contributed by atoms with Gasteiger partial charge in [0.05, 0.1) is 23.2 Å². The summed E-state index contributed by atoms with van der Waals surface area (Å²) in [5, 5.41) is 28.6. The van der Waals surface area contributed by atoms with Gasteiger partial charge >= 0.3 is 0 Å². The molecule has 0 aromatic heterocycles. The van der Waals surface area contributed by atoms with E-state index in [0.29, 0.717) is 0 Å². The molecule has 0 aliphatic carbocycles. The zero-order valence-electron chi connectivity index (χ0n) is 23.9. The van der Waals surface area contributed by atoms with Crippen LogP contribution in [0.2, 0.25) is 0 Å². The van der Waals surface area contributed by atoms with E-state index in [2.05, 4.69) is 55.0 Å². The molecule has 0 amide bonds. The standard InChI is InChI=1S/C29H40N8O4/c1-24-20-26(36(38)39)6-8-28(24)30-10-3-12-32-16-18-34(22-32)14-5-15-35-19-17-33(23-35)13-4-11-31-29-9-7-27(37(40)41)21-25(29)2/h6-9,16-21,30-31H,3-5,10-15,22-23H2,1-2H3. The molecule has 2 aromatic carbocycles. The molecule has 0 saturated carbocycles. The zero-order chi connectivity index (χ0) is 29.2. The van der Waals surface area contributed by atoms with Gasteiger partial charge in [0.2, 0.25) is 0 Å². The minimum absolute atomic E-state index is 0.120. The molecule has 220 valence electrons. The number of hydrogen-bond acceptors (Lipinski definition) is 10. The lowest BCUT2D eigenvalue weighted by molar-refractivity contribution is -0.385. The van der Waals surface area contributed by atoms with Crippen LogP contribution in [0.1, 0.15) is 30.4 Å². The van der Waals surface area contributed by atoms with Crippen molar-refractivity contribution < 1.29 is 9.85 Å². The summed E-state index contributed by atoms with van der Waals surface area (Å²) in [5.74, 6) is 0. The van der Waals surface area contributed by atoms with Crippen molar-refractivity contribution in [2.75, 3.05) is 63.2 Å². The molecule has 2 aliphatic heterocycles. The number of aryl methyl sites for hydroxylation is 2. The Balaban J connectivity index is 1.03. The third-order valence-electron chi connectivity index (χ3n) is 7.31. The fourth-order valence-electron chi connectivity index (χ4n) is 5.02. The third-order valence-corrected chi connectivity index (χ3v) is 7.31. The van der Waals surface area contributed by atoms with Crippen molar-refractivity contribution in [2.45, 2.75) is 33.1 Å². The molecule has 0 bridgehead atoms. The highest BCUT2D eigenvalue weighted by Gasteiger charge is 2.15. The summed E-state index contributed by atoms with van der Waals surface area (Å²) in [5.41, 5.74) is 3.89. The first-order chi connectivity index (χ1) is 19.8. The Hall–Kier alpha value is -4.48. The number of nitrogens with one attached hydrogen (secondary N) is 2. The van der Waals surface area contributed by atoms with E-state index in [4.69, 9.17) is 0 Å². The minimum Gasteiger partial charge on any atom is -0.385 e. The molecule has 12 heteroatoms. The van der Waals surface area contributed by atoms with Gasteiger partial charge in [-0.15, -0.1) is 0 Å². The van der Waals surface area contributed by atoms with Gasteiger partial charge < -0.3 is 30.2 Å². The second-order valence-electron chi connectivity index (χ2n) is 10.6. The summed E-state index contributed by atoms with van der Waals surface area (Å²) in [4.78, 5) is 30.4. The van der Waals surface area contributed by atoms with Crippen molar-refractivity contribution in [3.63, 3.8) is 0 Å². The molecule has 0 saturated heterocycles. The lowest BCUT2D eigenvalue weighted by Crippen LogP contribution is -2.31. The maximum atomic E-state index is 10.9. The predicted molar refractivity (Wildman–Crippen MR) is 161 cm³/mol. The van der Waals surface area contributed by atoms with E-state index in [1.165, 1.54) is 12.1 Å². The average Bonchev–Trinajstić information content (AvgIpc) is 3.59. The Bertz CT molecular complexity index is 1170. The molecule has 4 rings (SSSR count). The smallest absolute Gasteiger partial charge is 0.269 e. The minimum atomic E-state index is -0.367. The predicted octanol–water partition coefficient (Wildman–Crippen LogP) is 4.91. The molecule has 0 spiro atoms. The lowest BCUT2D eigenvalue weighted by atomic mass is 10.2. The topological polar surface area (TPSA) is 123 Å². The molecule has 0 fully saturated rings. The van der Waals surface area contributed by atoms with Gasteiger partial charge in [0.25, 0.3) is 11.4 Å². The monoisotopic (exact) mass is 564 g/mol. The highest BCUT2D eigenvalue weighted by atomic mass is 16.6. The summed E-state index contributed by atoms with van der Waals surface area (Å²) < 4.78 is 0. The van der Waals surface area contributed by atoms with Gasteiger partial charge in [0.15, 0.2) is 0 Å². The molecule has 12 nitrogen and oxygen atoms in total. The summed E-state index contributed by atoms with van der Waals surface area (Å²) in [6.45, 7) is 11.1. The number of nitro benzene ring substituents is 2. The maximum Gasteiger partial charge on any atom is 0.269 e. The Kier molecular flexibility index (Phi) is 10.2. The number of nitro groups is 2. The second-order valence-corrected chi connectivity index (χ2v) is 10.6. The number of hydrogen-bond donors (Lipinski definition) is 2. The maximum absolute atomic E-state index is 10.9. The van der Waals surface area contributed by atoms with Crippen LogP contribution in [0.5, 0.6) is 0 Å². The van der Waals surface area contributed by atoms with Crippen molar-refractivity contribution in [3.05, 3.63) is 92.6 Å². The Labute approximate surface area is 241 Å². The molecule has 2 N–H and O–H groups in total. The Morgan fingerprint density at radius 2 is 1.00 bits per heavy atom. The first kappa shape index (κ1) is 29.5. The number of anilines is 2. The molecule has 41 heavy (non-hydrogen) atoms. The zero-order valence-corrected chi connectivity index (χ0v) is 23.9. The first-order valence-corrected chi connectivity index (χ1v) is 14.1. The molecule has 2 aromatic rings. The van der Waals surface area contributed by atoms with Crippen molar-refractivity contribution >= 4 is 22.7 Å². The van der Waals surface area contributed by atoms with Crippen LogP contribution < -0.4 is 10.6 Å². The van der Waals surface area contributed by atoms with Crippen LogP contribution in [0.3, 0.4) is 0 Å². The van der Waals surface area contributed by atoms with Crippen molar-refractivity contribution in [1.29, 1.82) is 0 Å². The number of rotatable bonds is 16. The van der Waals surface area contributed by atoms with E-state index in [9.17, 15) is 20.2 Å². The third kappa shape index (κ3) is 8.75. The number of non-ortho nitro benzene ring substituents is 2. The van der Waals surface area contributed by atoms with Crippen LogP contribution in [0.4, 0.5) is 22.7 Å². The highest BCUT2D eigenvalue weighted by Crippen LogP contribution is 2.22. The molecule has 0 radical (unpaired) electrons. The van der Waals surface area contributed by atoms with Gasteiger partial charge in [-0.2, -0.15) is 0 Å². The molecular formula is C29H40N8O4. The highest BCUT2D eigenvalue weighted by molar-refractivity contribution is 5.56. The first-order valence-electron chi connectivity index (χ1n) is 14.1. The second kappa shape index (κ2) is 14.2. The van der Waals surface area contributed by atoms with Gasteiger partial charge in [-0.3, -0.25) is 20.2 Å². The van der Waals surface area contributed by atoms with E-state index < -0.39 is 0 Å². The van der Waals surface area contributed by atoms with Crippen LogP contribution >= 0.6 is 0 Å². The van der Waals surface area contributed by atoms with Crippen molar-refractivity contribution in [3.8, 4) is 0 Å². The SMILES string of the molecule is Cc1cc([N+](=O)[O-])ccc1NCCCN1C=CN(CCCN2C=CN(CCCNc3ccc([N+](=O)[O-])cc3C)C2)C1. The average molecular weight is 565 g/mol. The van der Waals surface area contributed by atoms with Gasteiger partial charge in [-0.05, 0) is 56.4 Å². The Morgan fingerprint density at radius 1 is 0.634 bits per heavy atom. The van der Waals surface area contributed by atoms with Crippen LogP contribution in [0, 0.1) is 34.1 Å². The Morgan fingerprint density at radius 3 is 1.34 bits per heavy atom. The van der Waals surface area contributed by atoms with Gasteiger partial charge in [0.1, 0.15) is 0 Å². The van der Waals surface area contributed by atoms with Gasteiger partial charge in [0, 0.05) is 99.7 Å². The summed E-state index contributed by atoms with van der Waals surface area (Å²) in [6, 6.07) is 9.84. The van der Waals surface area contributed by atoms with Crippen LogP contribution in [-0.4, -0.2) is 82.1 Å². The number of benzene rings is 2. The van der Waals surface area contributed by atoms with Crippen molar-refractivity contribution in [2.24, 2.45) is 0 Å². The fraction of sp³-hybridized carbons (Fsp3) is 0.448. The normalized spacial score (nSPS) is 14.3. The van der Waals surface area contributed by atoms with E-state index in [0.717, 1.165) is 94.4 Å². The lowest BCUT2D eigenvalue weighted by Gasteiger charge is -2.24. The van der Waals surface area contributed by atoms with E-state index in [1.807, 2.05) is 13.8 Å². The van der Waals surface area contributed by atoms with Crippen molar-refractivity contribution in [1.82, 2.24) is 19.6 Å². The van der Waals surface area contributed by atoms with E-state index in [1.54, 1.807) is 24.3 Å². The summed E-state index contributed by atoms with van der Waals surface area (Å²) in [7, 11) is 0. The molecule has 0 atom stereocenters. The van der Waals surface area contributed by atoms with Gasteiger partial charge in [-0.1, -0.05) is 0 Å². The van der Waals surface area contributed by atoms with Gasteiger partial charge in [-0.25, -0.2) is 0 Å². The molecule has 0 unspecified atom stereocenters. The summed E-state index contributed by atoms with van der Waals surface area (Å²) >= 11 is 0. The summed E-state index contributed by atoms with van der Waals surface area (Å²) in [6.07, 6.45) is 11.7. The van der Waals surface area contributed by atoms with Crippen LogP contribution in [0.15, 0.2) is 61.2 Å². The number of nitrogens with zero attached hydrogens (tertiary/aromatic N) is 6. The van der Waals surface area contributed by atoms with E-state index >= 15 is 0 Å². The molecule has 2 aliphatic rings. The van der Waals surface area contributed by atoms with Crippen LogP contribution in [-0.2, 0) is 0 Å².